The highest BCUT2D eigenvalue weighted by Crippen LogP contribution is 2.16. The average molecular weight is 273 g/mol. The predicted molar refractivity (Wildman–Crippen MR) is 67.1 cm³/mol. The van der Waals surface area contributed by atoms with E-state index in [-0.39, 0.29) is 17.3 Å². The van der Waals surface area contributed by atoms with Gasteiger partial charge in [0.25, 0.3) is 0 Å². The second-order valence-electron chi connectivity index (χ2n) is 4.22. The fourth-order valence-electron chi connectivity index (χ4n) is 1.96. The lowest BCUT2D eigenvalue weighted by molar-refractivity contribution is 0.235. The number of aromatic nitrogens is 3. The van der Waals surface area contributed by atoms with Crippen molar-refractivity contribution in [3.63, 3.8) is 0 Å². The van der Waals surface area contributed by atoms with Crippen LogP contribution in [0.4, 0.5) is 0 Å². The highest BCUT2D eigenvalue weighted by molar-refractivity contribution is 6.28. The largest absolute Gasteiger partial charge is 0.467 e. The Bertz CT molecular complexity index is 385. The molecule has 18 heavy (non-hydrogen) atoms. The number of hydrogen-bond donors (Lipinski definition) is 1. The van der Waals surface area contributed by atoms with Gasteiger partial charge >= 0.3 is 12.0 Å². The number of piperidine rings is 1. The van der Waals surface area contributed by atoms with Gasteiger partial charge in [0.1, 0.15) is 0 Å². The van der Waals surface area contributed by atoms with Crippen LogP contribution in [0.2, 0.25) is 5.28 Å². The lowest BCUT2D eigenvalue weighted by Crippen LogP contribution is -2.30. The van der Waals surface area contributed by atoms with E-state index in [1.54, 1.807) is 0 Å². The third-order valence-corrected chi connectivity index (χ3v) is 3.07. The molecule has 1 aromatic rings. The van der Waals surface area contributed by atoms with E-state index in [0.717, 1.165) is 19.5 Å². The highest BCUT2D eigenvalue weighted by Gasteiger charge is 2.13. The van der Waals surface area contributed by atoms with E-state index in [1.165, 1.54) is 20.0 Å². The molecule has 1 N–H and O–H groups in total. The monoisotopic (exact) mass is 272 g/mol. The van der Waals surface area contributed by atoms with E-state index in [9.17, 15) is 0 Å². The van der Waals surface area contributed by atoms with Crippen LogP contribution in [0.3, 0.4) is 0 Å². The maximum absolute atomic E-state index is 5.72. The smallest absolute Gasteiger partial charge is 0.323 e. The van der Waals surface area contributed by atoms with E-state index in [2.05, 4.69) is 20.3 Å². The zero-order valence-electron chi connectivity index (χ0n) is 10.4. The van der Waals surface area contributed by atoms with Crippen LogP contribution in [0.5, 0.6) is 12.0 Å². The first-order chi connectivity index (χ1) is 8.78. The van der Waals surface area contributed by atoms with E-state index in [0.29, 0.717) is 12.5 Å². The number of nitrogens with zero attached hydrogens (tertiary/aromatic N) is 3. The number of nitrogens with one attached hydrogen (secondary N) is 1. The van der Waals surface area contributed by atoms with Crippen molar-refractivity contribution in [2.45, 2.75) is 19.3 Å². The fraction of sp³-hybridized carbons (Fsp3) is 0.727. The molecule has 0 spiro atoms. The molecule has 0 radical (unpaired) electrons. The Morgan fingerprint density at radius 2 is 2.17 bits per heavy atom. The minimum absolute atomic E-state index is 0.0798. The molecule has 2 rings (SSSR count). The summed E-state index contributed by atoms with van der Waals surface area (Å²) in [4.78, 5) is 11.6. The van der Waals surface area contributed by atoms with Crippen molar-refractivity contribution < 1.29 is 9.47 Å². The maximum Gasteiger partial charge on any atom is 0.323 e. The number of halogens is 1. The van der Waals surface area contributed by atoms with Gasteiger partial charge in [-0.05, 0) is 49.9 Å². The summed E-state index contributed by atoms with van der Waals surface area (Å²) in [5.74, 6) is 0.665. The third-order valence-electron chi connectivity index (χ3n) is 2.91. The first-order valence-corrected chi connectivity index (χ1v) is 6.45. The summed E-state index contributed by atoms with van der Waals surface area (Å²) in [6.45, 7) is 2.76. The van der Waals surface area contributed by atoms with Crippen LogP contribution in [-0.4, -0.2) is 41.8 Å². The van der Waals surface area contributed by atoms with E-state index in [1.807, 2.05) is 0 Å². The average Bonchev–Trinajstić information content (AvgIpc) is 2.39. The van der Waals surface area contributed by atoms with Crippen molar-refractivity contribution in [2.24, 2.45) is 5.92 Å². The first-order valence-electron chi connectivity index (χ1n) is 6.07. The summed E-state index contributed by atoms with van der Waals surface area (Å²) in [5.41, 5.74) is 0. The molecule has 0 saturated carbocycles. The van der Waals surface area contributed by atoms with Crippen molar-refractivity contribution in [1.82, 2.24) is 20.3 Å². The molecule has 0 aliphatic carbocycles. The minimum atomic E-state index is 0.0798. The Kier molecular flexibility index (Phi) is 4.95. The fourth-order valence-corrected chi connectivity index (χ4v) is 2.10. The molecule has 1 aliphatic rings. The first kappa shape index (κ1) is 13.3. The molecule has 0 bridgehead atoms. The normalized spacial score (nSPS) is 19.6. The lowest BCUT2D eigenvalue weighted by Gasteiger charge is -2.22. The second-order valence-corrected chi connectivity index (χ2v) is 4.56. The number of ether oxygens (including phenoxy) is 2. The molecule has 1 aromatic heterocycles. The molecule has 1 atom stereocenters. The molecule has 1 fully saturated rings. The zero-order chi connectivity index (χ0) is 12.8. The summed E-state index contributed by atoms with van der Waals surface area (Å²) >= 11 is 5.72. The van der Waals surface area contributed by atoms with Gasteiger partial charge < -0.3 is 14.8 Å². The molecule has 100 valence electrons. The van der Waals surface area contributed by atoms with Crippen LogP contribution in [-0.2, 0) is 0 Å². The van der Waals surface area contributed by atoms with Gasteiger partial charge in [0, 0.05) is 0 Å². The predicted octanol–water partition coefficient (Wildman–Crippen LogP) is 1.30. The molecule has 0 aromatic carbocycles. The Balaban J connectivity index is 1.80. The Hall–Kier alpha value is -1.14. The minimum Gasteiger partial charge on any atom is -0.467 e. The highest BCUT2D eigenvalue weighted by atomic mass is 35.5. The number of hydrogen-bond acceptors (Lipinski definition) is 6. The van der Waals surface area contributed by atoms with Gasteiger partial charge in [0.15, 0.2) is 0 Å². The Morgan fingerprint density at radius 3 is 2.89 bits per heavy atom. The number of methoxy groups -OCH3 is 1. The van der Waals surface area contributed by atoms with E-state index in [4.69, 9.17) is 21.1 Å². The van der Waals surface area contributed by atoms with Crippen LogP contribution in [0.25, 0.3) is 0 Å². The van der Waals surface area contributed by atoms with Gasteiger partial charge in [-0.25, -0.2) is 0 Å². The molecule has 2 heterocycles. The molecule has 1 saturated heterocycles. The Morgan fingerprint density at radius 1 is 1.33 bits per heavy atom. The van der Waals surface area contributed by atoms with E-state index < -0.39 is 0 Å². The second kappa shape index (κ2) is 6.70. The standard InChI is InChI=1S/C11H17ClN4O2/c1-17-10-14-9(12)15-11(16-10)18-6-4-8-3-2-5-13-7-8/h8,13H,2-7H2,1H3. The van der Waals surface area contributed by atoms with Crippen molar-refractivity contribution in [1.29, 1.82) is 0 Å². The van der Waals surface area contributed by atoms with Crippen molar-refractivity contribution >= 4 is 11.6 Å². The molecule has 7 heteroatoms. The number of rotatable bonds is 5. The molecule has 1 unspecified atom stereocenters. The molecule has 6 nitrogen and oxygen atoms in total. The summed E-state index contributed by atoms with van der Waals surface area (Å²) in [6, 6.07) is 0.389. The quantitative estimate of drug-likeness (QED) is 0.871. The lowest BCUT2D eigenvalue weighted by atomic mass is 9.97. The third kappa shape index (κ3) is 3.96. The van der Waals surface area contributed by atoms with Crippen molar-refractivity contribution in [3.05, 3.63) is 5.28 Å². The zero-order valence-corrected chi connectivity index (χ0v) is 11.1. The molecular weight excluding hydrogens is 256 g/mol. The summed E-state index contributed by atoms with van der Waals surface area (Å²) in [7, 11) is 1.48. The summed E-state index contributed by atoms with van der Waals surface area (Å²) < 4.78 is 10.4. The van der Waals surface area contributed by atoms with Gasteiger partial charge in [0.2, 0.25) is 5.28 Å². The summed E-state index contributed by atoms with van der Waals surface area (Å²) in [6.07, 6.45) is 3.46. The molecular formula is C11H17ClN4O2. The SMILES string of the molecule is COc1nc(Cl)nc(OCCC2CCCNC2)n1. The Labute approximate surface area is 111 Å². The van der Waals surface area contributed by atoms with Crippen LogP contribution in [0, 0.1) is 5.92 Å². The topological polar surface area (TPSA) is 69.2 Å². The maximum atomic E-state index is 5.72. The van der Waals surface area contributed by atoms with Gasteiger partial charge in [-0.1, -0.05) is 0 Å². The van der Waals surface area contributed by atoms with Gasteiger partial charge in [-0.15, -0.1) is 4.98 Å². The van der Waals surface area contributed by atoms with Crippen molar-refractivity contribution in [3.8, 4) is 12.0 Å². The van der Waals surface area contributed by atoms with Crippen LogP contribution >= 0.6 is 11.6 Å². The van der Waals surface area contributed by atoms with Gasteiger partial charge in [-0.3, -0.25) is 0 Å². The van der Waals surface area contributed by atoms with Crippen LogP contribution in [0.15, 0.2) is 0 Å². The van der Waals surface area contributed by atoms with Gasteiger partial charge in [-0.2, -0.15) is 9.97 Å². The summed E-state index contributed by atoms with van der Waals surface area (Å²) in [5, 5.41) is 3.45. The molecule has 1 aliphatic heterocycles. The van der Waals surface area contributed by atoms with Gasteiger partial charge in [0.05, 0.1) is 13.7 Å². The van der Waals surface area contributed by atoms with Crippen LogP contribution in [0.1, 0.15) is 19.3 Å². The molecule has 0 amide bonds. The van der Waals surface area contributed by atoms with Crippen molar-refractivity contribution in [2.75, 3.05) is 26.8 Å². The van der Waals surface area contributed by atoms with Crippen LogP contribution < -0.4 is 14.8 Å². The van der Waals surface area contributed by atoms with E-state index >= 15 is 0 Å².